The second-order valence-electron chi connectivity index (χ2n) is 4.66. The van der Waals surface area contributed by atoms with E-state index in [0.29, 0.717) is 31.1 Å². The molecule has 1 aromatic carbocycles. The first-order chi connectivity index (χ1) is 9.78. The van der Waals surface area contributed by atoms with Crippen molar-refractivity contribution in [1.82, 2.24) is 14.9 Å². The van der Waals surface area contributed by atoms with E-state index in [0.717, 1.165) is 11.0 Å². The van der Waals surface area contributed by atoms with Crippen LogP contribution in [-0.4, -0.2) is 52.5 Å². The summed E-state index contributed by atoms with van der Waals surface area (Å²) in [7, 11) is 0. The van der Waals surface area contributed by atoms with Gasteiger partial charge in [-0.25, -0.2) is 0 Å². The van der Waals surface area contributed by atoms with Gasteiger partial charge in [-0.3, -0.25) is 14.8 Å². The van der Waals surface area contributed by atoms with Gasteiger partial charge in [0.2, 0.25) is 0 Å². The lowest BCUT2D eigenvalue weighted by Gasteiger charge is -2.32. The van der Waals surface area contributed by atoms with Crippen molar-refractivity contribution in [3.8, 4) is 0 Å². The molecule has 1 aromatic heterocycles. The third-order valence-corrected chi connectivity index (χ3v) is 3.66. The topological polar surface area (TPSA) is 55.3 Å². The van der Waals surface area contributed by atoms with E-state index in [4.69, 9.17) is 16.3 Å². The predicted octanol–water partition coefficient (Wildman–Crippen LogP) is 1.71. The van der Waals surface area contributed by atoms with E-state index < -0.39 is 0 Å². The van der Waals surface area contributed by atoms with Crippen LogP contribution in [0.1, 0.15) is 10.4 Å². The van der Waals surface area contributed by atoms with Gasteiger partial charge in [-0.1, -0.05) is 0 Å². The summed E-state index contributed by atoms with van der Waals surface area (Å²) in [4.78, 5) is 22.7. The highest BCUT2D eigenvalue weighted by Gasteiger charge is 2.24. The average molecular weight is 292 g/mol. The number of rotatable bonds is 2. The fourth-order valence-corrected chi connectivity index (χ4v) is 2.46. The van der Waals surface area contributed by atoms with Gasteiger partial charge in [0.25, 0.3) is 5.91 Å². The number of fused-ring (bicyclic) bond motifs is 1. The van der Waals surface area contributed by atoms with Crippen molar-refractivity contribution in [1.29, 1.82) is 0 Å². The standard InChI is InChI=1S/C14H14ClN3O2/c15-8-11-9-18(5-6-20-11)14(19)10-1-2-12-13(7-10)17-4-3-16-12/h1-4,7,11H,5-6,8-9H2. The fraction of sp³-hybridized carbons (Fsp3) is 0.357. The van der Waals surface area contributed by atoms with Crippen LogP contribution in [0, 0.1) is 0 Å². The summed E-state index contributed by atoms with van der Waals surface area (Å²) >= 11 is 5.79. The zero-order valence-electron chi connectivity index (χ0n) is 10.8. The Bertz CT molecular complexity index is 635. The van der Waals surface area contributed by atoms with Crippen LogP contribution in [0.15, 0.2) is 30.6 Å². The number of hydrogen-bond acceptors (Lipinski definition) is 4. The van der Waals surface area contributed by atoms with Crippen LogP contribution in [0.5, 0.6) is 0 Å². The van der Waals surface area contributed by atoms with Crippen molar-refractivity contribution in [2.45, 2.75) is 6.10 Å². The zero-order chi connectivity index (χ0) is 13.9. The third kappa shape index (κ3) is 2.59. The molecule has 3 rings (SSSR count). The second kappa shape index (κ2) is 5.73. The molecule has 1 atom stereocenters. The Kier molecular flexibility index (Phi) is 3.80. The smallest absolute Gasteiger partial charge is 0.254 e. The van der Waals surface area contributed by atoms with Crippen molar-refractivity contribution in [2.75, 3.05) is 25.6 Å². The Morgan fingerprint density at radius 2 is 2.15 bits per heavy atom. The van der Waals surface area contributed by atoms with E-state index in [1.807, 2.05) is 6.07 Å². The van der Waals surface area contributed by atoms with Crippen molar-refractivity contribution < 1.29 is 9.53 Å². The molecule has 1 fully saturated rings. The van der Waals surface area contributed by atoms with Crippen molar-refractivity contribution in [3.63, 3.8) is 0 Å². The molecular weight excluding hydrogens is 278 g/mol. The van der Waals surface area contributed by atoms with Crippen molar-refractivity contribution >= 4 is 28.5 Å². The maximum absolute atomic E-state index is 12.5. The molecule has 104 valence electrons. The van der Waals surface area contributed by atoms with Gasteiger partial charge >= 0.3 is 0 Å². The minimum Gasteiger partial charge on any atom is -0.373 e. The fourth-order valence-electron chi connectivity index (χ4n) is 2.28. The van der Waals surface area contributed by atoms with E-state index in [1.165, 1.54) is 0 Å². The number of aromatic nitrogens is 2. The molecule has 1 unspecified atom stereocenters. The summed E-state index contributed by atoms with van der Waals surface area (Å²) in [5.74, 6) is 0.378. The monoisotopic (exact) mass is 291 g/mol. The number of alkyl halides is 1. The summed E-state index contributed by atoms with van der Waals surface area (Å²) in [5.41, 5.74) is 2.12. The van der Waals surface area contributed by atoms with Gasteiger partial charge < -0.3 is 9.64 Å². The van der Waals surface area contributed by atoms with Gasteiger partial charge in [-0.2, -0.15) is 0 Å². The molecule has 5 nitrogen and oxygen atoms in total. The van der Waals surface area contributed by atoms with Gasteiger partial charge in [0.15, 0.2) is 0 Å². The Hall–Kier alpha value is -1.72. The summed E-state index contributed by atoms with van der Waals surface area (Å²) in [5, 5.41) is 0. The van der Waals surface area contributed by atoms with Crippen LogP contribution in [0.3, 0.4) is 0 Å². The van der Waals surface area contributed by atoms with Crippen molar-refractivity contribution in [3.05, 3.63) is 36.2 Å². The molecule has 20 heavy (non-hydrogen) atoms. The lowest BCUT2D eigenvalue weighted by atomic mass is 10.1. The molecule has 0 bridgehead atoms. The second-order valence-corrected chi connectivity index (χ2v) is 4.97. The molecule has 1 aliphatic heterocycles. The molecule has 0 aliphatic carbocycles. The minimum absolute atomic E-state index is 0.0176. The first kappa shape index (κ1) is 13.3. The largest absolute Gasteiger partial charge is 0.373 e. The van der Waals surface area contributed by atoms with Gasteiger partial charge in [-0.05, 0) is 18.2 Å². The highest BCUT2D eigenvalue weighted by molar-refractivity contribution is 6.18. The molecule has 1 saturated heterocycles. The molecule has 2 aromatic rings. The number of amides is 1. The van der Waals surface area contributed by atoms with E-state index in [1.54, 1.807) is 29.4 Å². The zero-order valence-corrected chi connectivity index (χ0v) is 11.6. The number of carbonyl (C=O) groups is 1. The van der Waals surface area contributed by atoms with Gasteiger partial charge in [0.1, 0.15) is 0 Å². The SMILES string of the molecule is O=C(c1ccc2nccnc2c1)N1CCOC(CCl)C1. The number of morpholine rings is 1. The van der Waals surface area contributed by atoms with Gasteiger partial charge in [0.05, 0.1) is 29.6 Å². The van der Waals surface area contributed by atoms with Crippen LogP contribution in [-0.2, 0) is 4.74 Å². The van der Waals surface area contributed by atoms with Crippen LogP contribution in [0.4, 0.5) is 0 Å². The predicted molar refractivity (Wildman–Crippen MR) is 75.9 cm³/mol. The maximum atomic E-state index is 12.5. The number of carbonyl (C=O) groups excluding carboxylic acids is 1. The Morgan fingerprint density at radius 3 is 2.95 bits per heavy atom. The summed E-state index contributed by atoms with van der Waals surface area (Å²) in [6.07, 6.45) is 3.17. The molecule has 1 amide bonds. The molecule has 6 heteroatoms. The van der Waals surface area contributed by atoms with E-state index in [-0.39, 0.29) is 12.0 Å². The lowest BCUT2D eigenvalue weighted by Crippen LogP contribution is -2.46. The van der Waals surface area contributed by atoms with E-state index in [2.05, 4.69) is 9.97 Å². The highest BCUT2D eigenvalue weighted by atomic mass is 35.5. The van der Waals surface area contributed by atoms with Crippen LogP contribution < -0.4 is 0 Å². The maximum Gasteiger partial charge on any atom is 0.254 e. The lowest BCUT2D eigenvalue weighted by molar-refractivity contribution is -0.0107. The number of hydrogen-bond donors (Lipinski definition) is 0. The van der Waals surface area contributed by atoms with Gasteiger partial charge in [-0.15, -0.1) is 11.6 Å². The molecule has 2 heterocycles. The first-order valence-corrected chi connectivity index (χ1v) is 6.99. The third-order valence-electron chi connectivity index (χ3n) is 3.31. The summed E-state index contributed by atoms with van der Waals surface area (Å²) in [6.45, 7) is 1.64. The average Bonchev–Trinajstić information content (AvgIpc) is 2.53. The normalized spacial score (nSPS) is 19.2. The molecule has 0 saturated carbocycles. The minimum atomic E-state index is -0.0883. The quantitative estimate of drug-likeness (QED) is 0.791. The van der Waals surface area contributed by atoms with Crippen LogP contribution in [0.25, 0.3) is 11.0 Å². The van der Waals surface area contributed by atoms with Gasteiger partial charge in [0, 0.05) is 31.0 Å². The Balaban J connectivity index is 1.84. The Morgan fingerprint density at radius 1 is 1.35 bits per heavy atom. The number of nitrogens with zero attached hydrogens (tertiary/aromatic N) is 3. The molecule has 1 aliphatic rings. The molecular formula is C14H14ClN3O2. The first-order valence-electron chi connectivity index (χ1n) is 6.45. The number of benzene rings is 1. The Labute approximate surface area is 121 Å². The van der Waals surface area contributed by atoms with Crippen LogP contribution in [0.2, 0.25) is 0 Å². The van der Waals surface area contributed by atoms with Crippen LogP contribution >= 0.6 is 11.6 Å². The summed E-state index contributed by atoms with van der Waals surface area (Å²) < 4.78 is 5.47. The number of ether oxygens (including phenoxy) is 1. The van der Waals surface area contributed by atoms with E-state index >= 15 is 0 Å². The number of halogens is 1. The molecule has 0 N–H and O–H groups in total. The van der Waals surface area contributed by atoms with E-state index in [9.17, 15) is 4.79 Å². The molecule has 0 spiro atoms. The molecule has 0 radical (unpaired) electrons. The van der Waals surface area contributed by atoms with Crippen molar-refractivity contribution in [2.24, 2.45) is 0 Å². The summed E-state index contributed by atoms with van der Waals surface area (Å²) in [6, 6.07) is 5.37. The highest BCUT2D eigenvalue weighted by Crippen LogP contribution is 2.15.